The van der Waals surface area contributed by atoms with Gasteiger partial charge >= 0.3 is 5.97 Å². The molecule has 3 N–H and O–H groups in total. The summed E-state index contributed by atoms with van der Waals surface area (Å²) in [5, 5.41) is 15.5. The second-order valence-electron chi connectivity index (χ2n) is 13.2. The first-order chi connectivity index (χ1) is 21.5. The fourth-order valence-corrected chi connectivity index (χ4v) is 7.11. The van der Waals surface area contributed by atoms with Crippen molar-refractivity contribution in [1.29, 1.82) is 0 Å². The lowest BCUT2D eigenvalue weighted by Crippen LogP contribution is -2.62. The van der Waals surface area contributed by atoms with E-state index in [0.29, 0.717) is 45.4 Å². The van der Waals surface area contributed by atoms with Crippen LogP contribution in [0.3, 0.4) is 0 Å². The summed E-state index contributed by atoms with van der Waals surface area (Å²) in [6, 6.07) is 2.19. The van der Waals surface area contributed by atoms with Crippen molar-refractivity contribution in [2.75, 3.05) is 26.2 Å². The van der Waals surface area contributed by atoms with Gasteiger partial charge in [0.1, 0.15) is 30.0 Å². The third kappa shape index (κ3) is 7.26. The summed E-state index contributed by atoms with van der Waals surface area (Å²) in [5.74, 6) is -1.99. The molecule has 12 heteroatoms. The van der Waals surface area contributed by atoms with Gasteiger partial charge in [-0.25, -0.2) is 4.79 Å². The minimum Gasteiger partial charge on any atom is -0.508 e. The summed E-state index contributed by atoms with van der Waals surface area (Å²) in [4.78, 5) is 74.6. The quantitative estimate of drug-likeness (QED) is 0.431. The zero-order valence-corrected chi connectivity index (χ0v) is 26.6. The van der Waals surface area contributed by atoms with Crippen LogP contribution in [0.15, 0.2) is 24.3 Å². The lowest BCUT2D eigenvalue weighted by Gasteiger charge is -2.43. The van der Waals surface area contributed by atoms with Crippen LogP contribution in [0.5, 0.6) is 5.75 Å². The molecule has 1 aromatic carbocycles. The number of hydrogen-bond donors (Lipinski definition) is 3. The van der Waals surface area contributed by atoms with Crippen LogP contribution in [0.4, 0.5) is 0 Å². The van der Waals surface area contributed by atoms with E-state index >= 15 is 0 Å². The van der Waals surface area contributed by atoms with Gasteiger partial charge in [-0.05, 0) is 95.0 Å². The van der Waals surface area contributed by atoms with E-state index in [9.17, 15) is 29.1 Å². The number of ether oxygens (including phenoxy) is 1. The van der Waals surface area contributed by atoms with E-state index < -0.39 is 48.1 Å². The van der Waals surface area contributed by atoms with Crippen LogP contribution in [-0.2, 0) is 23.9 Å². The van der Waals surface area contributed by atoms with Crippen molar-refractivity contribution in [3.63, 3.8) is 0 Å². The molecule has 12 nitrogen and oxygen atoms in total. The maximum atomic E-state index is 14.1. The van der Waals surface area contributed by atoms with E-state index in [1.54, 1.807) is 16.7 Å². The van der Waals surface area contributed by atoms with Crippen LogP contribution in [0.1, 0.15) is 82.5 Å². The number of phenols is 1. The number of nitrogens with one attached hydrogen (secondary N) is 2. The van der Waals surface area contributed by atoms with Crippen molar-refractivity contribution in [3.05, 3.63) is 29.8 Å². The maximum Gasteiger partial charge on any atom is 0.329 e. The van der Waals surface area contributed by atoms with Crippen LogP contribution in [-0.4, -0.2) is 112 Å². The first-order valence-corrected chi connectivity index (χ1v) is 16.5. The van der Waals surface area contributed by atoms with E-state index in [1.807, 2.05) is 13.8 Å². The Labute approximate surface area is 264 Å². The highest BCUT2D eigenvalue weighted by Crippen LogP contribution is 2.29. The highest BCUT2D eigenvalue weighted by Gasteiger charge is 2.45. The molecule has 0 bridgehead atoms. The fourth-order valence-electron chi connectivity index (χ4n) is 7.11. The lowest BCUT2D eigenvalue weighted by molar-refractivity contribution is -0.165. The van der Waals surface area contributed by atoms with Gasteiger partial charge in [-0.3, -0.25) is 24.1 Å². The van der Waals surface area contributed by atoms with Gasteiger partial charge in [0, 0.05) is 31.2 Å². The third-order valence-corrected chi connectivity index (χ3v) is 9.81. The molecular formula is C33H47N5O7. The Kier molecular flexibility index (Phi) is 10.3. The molecule has 0 spiro atoms. The van der Waals surface area contributed by atoms with E-state index in [-0.39, 0.29) is 35.1 Å². The van der Waals surface area contributed by atoms with Crippen molar-refractivity contribution < 1.29 is 33.8 Å². The number of carbonyl (C=O) groups excluding carboxylic acids is 5. The minimum atomic E-state index is -1.23. The highest BCUT2D eigenvalue weighted by atomic mass is 16.5. The Morgan fingerprint density at radius 2 is 1.47 bits per heavy atom. The molecule has 45 heavy (non-hydrogen) atoms. The predicted molar refractivity (Wildman–Crippen MR) is 165 cm³/mol. The number of cyclic esters (lactones) is 1. The molecule has 4 fully saturated rings. The molecule has 1 unspecified atom stereocenters. The number of rotatable bonds is 3. The molecule has 0 aromatic heterocycles. The molecule has 1 aromatic rings. The number of carbonyl (C=O) groups is 5. The van der Waals surface area contributed by atoms with Crippen LogP contribution >= 0.6 is 0 Å². The first-order valence-electron chi connectivity index (χ1n) is 16.5. The molecule has 4 aliphatic rings. The number of hydrogen-bond acceptors (Lipinski definition) is 8. The number of phenolic OH excluding ortho intramolecular Hbond substituents is 1. The minimum absolute atomic E-state index is 0.00213. The number of piperidine rings is 2. The number of nitrogens with zero attached hydrogens (tertiary/aromatic N) is 3. The zero-order chi connectivity index (χ0) is 32.2. The molecule has 5 rings (SSSR count). The normalized spacial score (nSPS) is 30.7. The van der Waals surface area contributed by atoms with Crippen LogP contribution < -0.4 is 10.6 Å². The lowest BCUT2D eigenvalue weighted by atomic mass is 9.95. The predicted octanol–water partition coefficient (Wildman–Crippen LogP) is 1.80. The Morgan fingerprint density at radius 3 is 2.13 bits per heavy atom. The molecule has 4 saturated heterocycles. The average Bonchev–Trinajstić information content (AvgIpc) is 3.50. The highest BCUT2D eigenvalue weighted by molar-refractivity contribution is 5.98. The molecule has 246 valence electrons. The largest absolute Gasteiger partial charge is 0.508 e. The summed E-state index contributed by atoms with van der Waals surface area (Å²) >= 11 is 0. The summed E-state index contributed by atoms with van der Waals surface area (Å²) in [7, 11) is 0. The number of amides is 4. The third-order valence-electron chi connectivity index (χ3n) is 9.81. The summed E-state index contributed by atoms with van der Waals surface area (Å²) in [6.07, 6.45) is 4.57. The second kappa shape index (κ2) is 14.2. The first kappa shape index (κ1) is 32.7. The Morgan fingerprint density at radius 1 is 0.867 bits per heavy atom. The number of fused-ring (bicyclic) bond motifs is 3. The molecule has 4 aliphatic heterocycles. The van der Waals surface area contributed by atoms with E-state index in [1.165, 1.54) is 24.3 Å². The van der Waals surface area contributed by atoms with Crippen molar-refractivity contribution in [1.82, 2.24) is 25.3 Å². The Bertz CT molecular complexity index is 1270. The summed E-state index contributed by atoms with van der Waals surface area (Å²) in [6.45, 7) is 7.56. The Balaban J connectivity index is 1.49. The van der Waals surface area contributed by atoms with Crippen molar-refractivity contribution in [3.8, 4) is 5.75 Å². The van der Waals surface area contributed by atoms with Crippen molar-refractivity contribution in [2.45, 2.75) is 108 Å². The van der Waals surface area contributed by atoms with Crippen LogP contribution in [0.2, 0.25) is 0 Å². The zero-order valence-electron chi connectivity index (χ0n) is 26.6. The van der Waals surface area contributed by atoms with E-state index in [0.717, 1.165) is 32.1 Å². The van der Waals surface area contributed by atoms with Gasteiger partial charge in [0.2, 0.25) is 17.7 Å². The molecule has 4 amide bonds. The van der Waals surface area contributed by atoms with Crippen molar-refractivity contribution in [2.24, 2.45) is 5.92 Å². The van der Waals surface area contributed by atoms with Gasteiger partial charge in [0.15, 0.2) is 0 Å². The molecule has 6 atom stereocenters. The van der Waals surface area contributed by atoms with Crippen LogP contribution in [0, 0.1) is 5.92 Å². The molecular weight excluding hydrogens is 578 g/mol. The smallest absolute Gasteiger partial charge is 0.329 e. The van der Waals surface area contributed by atoms with Crippen LogP contribution in [0.25, 0.3) is 0 Å². The molecule has 4 heterocycles. The Hall–Kier alpha value is -3.67. The van der Waals surface area contributed by atoms with Gasteiger partial charge < -0.3 is 30.3 Å². The van der Waals surface area contributed by atoms with Crippen molar-refractivity contribution >= 4 is 29.6 Å². The SMILES string of the molecule is CC(C)[C@H]1CN2CCC[C@H]2C(=O)N2CCCC[C@H]2C(=O)N2CCCC[C@H]2C(=O)O[C@H](C)C(NC(=O)c2ccc(O)cc2)C(=O)N1. The number of esters is 1. The second-order valence-corrected chi connectivity index (χ2v) is 13.2. The van der Waals surface area contributed by atoms with E-state index in [4.69, 9.17) is 4.74 Å². The number of benzene rings is 1. The topological polar surface area (TPSA) is 149 Å². The standard InChI is InChI=1S/C33H47N5O7/c1-20(2)24-19-36-16-8-11-25(36)31(42)37-17-6-4-9-26(37)32(43)38-18-7-5-10-27(38)33(44)45-21(3)28(30(41)34-24)35-29(40)22-12-14-23(39)15-13-22/h12-15,20-21,24-28,39H,4-11,16-19H2,1-3H3,(H,34,41)(H,35,40)/t21-,24-,25+,26+,27+,28?/m1/s1. The van der Waals surface area contributed by atoms with Gasteiger partial charge in [0.25, 0.3) is 5.91 Å². The summed E-state index contributed by atoms with van der Waals surface area (Å²) in [5.41, 5.74) is 0.228. The van der Waals surface area contributed by atoms with Gasteiger partial charge in [0.05, 0.1) is 6.04 Å². The van der Waals surface area contributed by atoms with Gasteiger partial charge in [-0.1, -0.05) is 13.8 Å². The molecule has 0 saturated carbocycles. The summed E-state index contributed by atoms with van der Waals surface area (Å²) < 4.78 is 5.89. The molecule has 0 radical (unpaired) electrons. The molecule has 0 aliphatic carbocycles. The monoisotopic (exact) mass is 625 g/mol. The average molecular weight is 626 g/mol. The fraction of sp³-hybridized carbons (Fsp3) is 0.667. The van der Waals surface area contributed by atoms with Gasteiger partial charge in [-0.2, -0.15) is 0 Å². The van der Waals surface area contributed by atoms with Gasteiger partial charge in [-0.15, -0.1) is 0 Å². The number of aromatic hydroxyl groups is 1. The van der Waals surface area contributed by atoms with E-state index in [2.05, 4.69) is 15.5 Å². The maximum absolute atomic E-state index is 14.1.